The first-order valence-corrected chi connectivity index (χ1v) is 5.48. The van der Waals surface area contributed by atoms with E-state index in [9.17, 15) is 4.79 Å². The second-order valence-electron chi connectivity index (χ2n) is 4.54. The van der Waals surface area contributed by atoms with Crippen molar-refractivity contribution in [3.05, 3.63) is 0 Å². The average molecular weight is 197 g/mol. The minimum atomic E-state index is -0.253. The van der Waals surface area contributed by atoms with E-state index < -0.39 is 0 Å². The van der Waals surface area contributed by atoms with Crippen molar-refractivity contribution >= 4 is 5.91 Å². The zero-order valence-corrected chi connectivity index (χ0v) is 8.46. The van der Waals surface area contributed by atoms with Gasteiger partial charge in [-0.05, 0) is 44.2 Å². The highest BCUT2D eigenvalue weighted by Crippen LogP contribution is 2.32. The van der Waals surface area contributed by atoms with Crippen LogP contribution in [0.1, 0.15) is 19.3 Å². The van der Waals surface area contributed by atoms with Gasteiger partial charge in [0.15, 0.2) is 0 Å². The Balaban J connectivity index is 1.77. The molecule has 1 aliphatic heterocycles. The van der Waals surface area contributed by atoms with Gasteiger partial charge in [-0.2, -0.15) is 0 Å². The van der Waals surface area contributed by atoms with Crippen molar-refractivity contribution in [3.63, 3.8) is 0 Å². The minimum absolute atomic E-state index is 0.253. The van der Waals surface area contributed by atoms with Gasteiger partial charge in [-0.1, -0.05) is 0 Å². The van der Waals surface area contributed by atoms with E-state index >= 15 is 0 Å². The van der Waals surface area contributed by atoms with E-state index in [1.807, 2.05) is 0 Å². The fraction of sp³-hybridized carbons (Fsp3) is 0.900. The summed E-state index contributed by atoms with van der Waals surface area (Å²) in [6.07, 6.45) is 3.68. The van der Waals surface area contributed by atoms with Crippen LogP contribution in [0.5, 0.6) is 0 Å². The van der Waals surface area contributed by atoms with E-state index in [1.165, 1.54) is 25.8 Å². The molecule has 0 bridgehead atoms. The Labute approximate surface area is 84.6 Å². The summed E-state index contributed by atoms with van der Waals surface area (Å²) >= 11 is 0. The summed E-state index contributed by atoms with van der Waals surface area (Å²) < 4.78 is 0. The summed E-state index contributed by atoms with van der Waals surface area (Å²) in [5.41, 5.74) is 5.10. The molecule has 1 amide bonds. The lowest BCUT2D eigenvalue weighted by atomic mass is 9.79. The van der Waals surface area contributed by atoms with Gasteiger partial charge in [0, 0.05) is 6.04 Å². The molecule has 4 N–H and O–H groups in total. The average Bonchev–Trinajstić information content (AvgIpc) is 2.61. The molecule has 1 saturated carbocycles. The number of amides is 1. The first-order chi connectivity index (χ1) is 6.75. The Morgan fingerprint density at radius 1 is 1.36 bits per heavy atom. The van der Waals surface area contributed by atoms with Crippen molar-refractivity contribution in [2.24, 2.45) is 17.6 Å². The molecule has 0 radical (unpaired) electrons. The molecule has 2 rings (SSSR count). The van der Waals surface area contributed by atoms with Crippen molar-refractivity contribution in [1.29, 1.82) is 0 Å². The molecule has 2 fully saturated rings. The van der Waals surface area contributed by atoms with E-state index in [1.54, 1.807) is 0 Å². The summed E-state index contributed by atoms with van der Waals surface area (Å²) in [5.74, 6) is 1.44. The second-order valence-corrected chi connectivity index (χ2v) is 4.54. The fourth-order valence-electron chi connectivity index (χ4n) is 2.73. The predicted molar refractivity (Wildman–Crippen MR) is 54.7 cm³/mol. The molecule has 4 nitrogen and oxygen atoms in total. The topological polar surface area (TPSA) is 67.2 Å². The van der Waals surface area contributed by atoms with Crippen molar-refractivity contribution in [2.75, 3.05) is 19.6 Å². The molecule has 0 aromatic carbocycles. The van der Waals surface area contributed by atoms with E-state index in [0.717, 1.165) is 18.4 Å². The molecule has 0 aromatic rings. The third kappa shape index (κ3) is 2.25. The van der Waals surface area contributed by atoms with E-state index in [-0.39, 0.29) is 5.91 Å². The molecule has 0 aromatic heterocycles. The number of nitrogens with one attached hydrogen (secondary N) is 2. The number of rotatable bonds is 3. The smallest absolute Gasteiger partial charge is 0.231 e. The molecule has 0 spiro atoms. The molecule has 1 aliphatic carbocycles. The maximum Gasteiger partial charge on any atom is 0.231 e. The second kappa shape index (κ2) is 4.28. The van der Waals surface area contributed by atoms with Gasteiger partial charge in [-0.3, -0.25) is 4.79 Å². The van der Waals surface area contributed by atoms with Gasteiger partial charge in [-0.15, -0.1) is 0 Å². The summed E-state index contributed by atoms with van der Waals surface area (Å²) in [4.78, 5) is 10.6. The molecule has 80 valence electrons. The van der Waals surface area contributed by atoms with Gasteiger partial charge in [0.1, 0.15) is 0 Å². The van der Waals surface area contributed by atoms with Crippen molar-refractivity contribution in [1.82, 2.24) is 10.6 Å². The van der Waals surface area contributed by atoms with E-state index in [2.05, 4.69) is 10.6 Å². The number of nitrogens with two attached hydrogens (primary N) is 1. The highest BCUT2D eigenvalue weighted by atomic mass is 16.1. The number of carbonyl (C=O) groups excluding carboxylic acids is 1. The molecular weight excluding hydrogens is 178 g/mol. The number of fused-ring (bicyclic) bond motifs is 1. The first kappa shape index (κ1) is 9.93. The van der Waals surface area contributed by atoms with Crippen LogP contribution in [0.4, 0.5) is 0 Å². The molecule has 2 aliphatic rings. The minimum Gasteiger partial charge on any atom is -0.369 e. The van der Waals surface area contributed by atoms with Gasteiger partial charge in [0.25, 0.3) is 0 Å². The van der Waals surface area contributed by atoms with Crippen LogP contribution in [0.15, 0.2) is 0 Å². The zero-order valence-electron chi connectivity index (χ0n) is 8.46. The maximum absolute atomic E-state index is 10.6. The molecule has 4 heteroatoms. The maximum atomic E-state index is 10.6. The number of primary amides is 1. The summed E-state index contributed by atoms with van der Waals surface area (Å²) in [6.45, 7) is 2.67. The fourth-order valence-corrected chi connectivity index (χ4v) is 2.73. The van der Waals surface area contributed by atoms with E-state index in [0.29, 0.717) is 12.6 Å². The molecule has 1 saturated heterocycles. The SMILES string of the molecule is NC(=O)CNC1CCC2CNCC2C1. The first-order valence-electron chi connectivity index (χ1n) is 5.48. The van der Waals surface area contributed by atoms with Gasteiger partial charge < -0.3 is 16.4 Å². The molecular formula is C10H19N3O. The van der Waals surface area contributed by atoms with E-state index in [4.69, 9.17) is 5.73 Å². The van der Waals surface area contributed by atoms with Crippen molar-refractivity contribution in [3.8, 4) is 0 Å². The van der Waals surface area contributed by atoms with Crippen LogP contribution < -0.4 is 16.4 Å². The Morgan fingerprint density at radius 2 is 2.14 bits per heavy atom. The van der Waals surface area contributed by atoms with Crippen LogP contribution in [0.2, 0.25) is 0 Å². The van der Waals surface area contributed by atoms with Crippen molar-refractivity contribution in [2.45, 2.75) is 25.3 Å². The zero-order chi connectivity index (χ0) is 9.97. The van der Waals surface area contributed by atoms with Crippen LogP contribution >= 0.6 is 0 Å². The Kier molecular flexibility index (Phi) is 3.03. The van der Waals surface area contributed by atoms with Crippen LogP contribution in [0.3, 0.4) is 0 Å². The third-order valence-corrected chi connectivity index (χ3v) is 3.52. The van der Waals surface area contributed by atoms with Crippen LogP contribution in [-0.4, -0.2) is 31.6 Å². The van der Waals surface area contributed by atoms with Gasteiger partial charge >= 0.3 is 0 Å². The Bertz CT molecular complexity index is 219. The number of hydrogen-bond donors (Lipinski definition) is 3. The lowest BCUT2D eigenvalue weighted by Gasteiger charge is -2.31. The normalized spacial score (nSPS) is 36.7. The quantitative estimate of drug-likeness (QED) is 0.568. The highest BCUT2D eigenvalue weighted by molar-refractivity contribution is 5.75. The largest absolute Gasteiger partial charge is 0.369 e. The van der Waals surface area contributed by atoms with Gasteiger partial charge in [0.2, 0.25) is 5.91 Å². The highest BCUT2D eigenvalue weighted by Gasteiger charge is 2.33. The monoisotopic (exact) mass is 197 g/mol. The molecule has 3 atom stereocenters. The molecule has 14 heavy (non-hydrogen) atoms. The number of carbonyl (C=O) groups is 1. The summed E-state index contributed by atoms with van der Waals surface area (Å²) in [6, 6.07) is 0.503. The summed E-state index contributed by atoms with van der Waals surface area (Å²) in [7, 11) is 0. The van der Waals surface area contributed by atoms with Crippen LogP contribution in [-0.2, 0) is 4.79 Å². The molecule has 3 unspecified atom stereocenters. The lowest BCUT2D eigenvalue weighted by Crippen LogP contribution is -2.41. The molecule has 1 heterocycles. The van der Waals surface area contributed by atoms with Crippen LogP contribution in [0, 0.1) is 11.8 Å². The third-order valence-electron chi connectivity index (χ3n) is 3.52. The Hall–Kier alpha value is -0.610. The number of hydrogen-bond acceptors (Lipinski definition) is 3. The summed E-state index contributed by atoms with van der Waals surface area (Å²) in [5, 5.41) is 6.66. The van der Waals surface area contributed by atoms with Gasteiger partial charge in [-0.25, -0.2) is 0 Å². The standard InChI is InChI=1S/C10H19N3O/c11-10(14)6-13-9-2-1-7-4-12-5-8(7)3-9/h7-9,12-13H,1-6H2,(H2,11,14). The van der Waals surface area contributed by atoms with Crippen LogP contribution in [0.25, 0.3) is 0 Å². The van der Waals surface area contributed by atoms with Crippen molar-refractivity contribution < 1.29 is 4.79 Å². The lowest BCUT2D eigenvalue weighted by molar-refractivity contribution is -0.117. The predicted octanol–water partition coefficient (Wildman–Crippen LogP) is -0.551. The Morgan fingerprint density at radius 3 is 2.93 bits per heavy atom. The van der Waals surface area contributed by atoms with Gasteiger partial charge in [0.05, 0.1) is 6.54 Å².